The first-order valence-electron chi connectivity index (χ1n) is 17.3. The first-order valence-corrected chi connectivity index (χ1v) is 17.3. The number of ether oxygens (including phenoxy) is 3. The normalized spacial score (nSPS) is 14.3. The number of likely N-dealkylation sites (tertiary alicyclic amines) is 1. The molecule has 1 heterocycles. The van der Waals surface area contributed by atoms with Gasteiger partial charge in [-0.15, -0.1) is 0 Å². The van der Waals surface area contributed by atoms with Crippen LogP contribution in [-0.2, 0) is 6.42 Å². The van der Waals surface area contributed by atoms with Crippen LogP contribution in [0.25, 0.3) is 11.1 Å². The monoisotopic (exact) mass is 648 g/mol. The Kier molecular flexibility index (Phi) is 12.3. The zero-order chi connectivity index (χ0) is 33.9. The molecule has 48 heavy (non-hydrogen) atoms. The van der Waals surface area contributed by atoms with Gasteiger partial charge in [-0.05, 0) is 110 Å². The van der Waals surface area contributed by atoms with Crippen LogP contribution in [0.3, 0.4) is 0 Å². The maximum atomic E-state index is 12.0. The second-order valence-corrected chi connectivity index (χ2v) is 12.4. The van der Waals surface area contributed by atoms with E-state index >= 15 is 0 Å². The average molecular weight is 649 g/mol. The number of nitrogens with zero attached hydrogens (tertiary/aromatic N) is 2. The standard InChI is InChI=1S/C41H48N2O5/c1-5-13-34-28-39(43(44)45)38(29-40(34)46-4)30(3)48-36-22-18-33(19-23-36)41(37(6-2)31-14-8-7-9-15-31)32-16-20-35(21-17-32)47-27-12-26-42-24-10-11-25-42/h7-9,14-23,28-30H,5-6,10-13,24-27H2,1-4H3/b41-37+. The summed E-state index contributed by atoms with van der Waals surface area (Å²) in [7, 11) is 1.59. The van der Waals surface area contributed by atoms with Crippen LogP contribution >= 0.6 is 0 Å². The summed E-state index contributed by atoms with van der Waals surface area (Å²) in [5, 5.41) is 12.0. The first-order chi connectivity index (χ1) is 23.4. The Morgan fingerprint density at radius 3 is 2.10 bits per heavy atom. The third-order valence-electron chi connectivity index (χ3n) is 9.05. The fourth-order valence-corrected chi connectivity index (χ4v) is 6.62. The molecule has 4 aromatic rings. The zero-order valence-corrected chi connectivity index (χ0v) is 28.7. The van der Waals surface area contributed by atoms with E-state index in [2.05, 4.69) is 72.5 Å². The van der Waals surface area contributed by atoms with Crippen molar-refractivity contribution >= 4 is 16.8 Å². The lowest BCUT2D eigenvalue weighted by atomic mass is 9.88. The van der Waals surface area contributed by atoms with Gasteiger partial charge in [0, 0.05) is 18.2 Å². The molecule has 1 unspecified atom stereocenters. The number of methoxy groups -OCH3 is 1. The van der Waals surface area contributed by atoms with Gasteiger partial charge < -0.3 is 19.1 Å². The molecule has 1 aliphatic rings. The third kappa shape index (κ3) is 8.64. The molecule has 0 bridgehead atoms. The smallest absolute Gasteiger partial charge is 0.276 e. The third-order valence-corrected chi connectivity index (χ3v) is 9.05. The van der Waals surface area contributed by atoms with Gasteiger partial charge in [-0.1, -0.05) is 74.9 Å². The Hall–Kier alpha value is -4.62. The van der Waals surface area contributed by atoms with E-state index in [1.165, 1.54) is 37.1 Å². The lowest BCUT2D eigenvalue weighted by Crippen LogP contribution is -2.21. The van der Waals surface area contributed by atoms with Gasteiger partial charge in [-0.25, -0.2) is 0 Å². The van der Waals surface area contributed by atoms with E-state index in [1.54, 1.807) is 19.2 Å². The van der Waals surface area contributed by atoms with Crippen LogP contribution in [0.15, 0.2) is 91.0 Å². The van der Waals surface area contributed by atoms with Crippen molar-refractivity contribution in [2.24, 2.45) is 0 Å². The van der Waals surface area contributed by atoms with Crippen LogP contribution in [0.5, 0.6) is 17.2 Å². The van der Waals surface area contributed by atoms with Crippen LogP contribution in [0.4, 0.5) is 5.69 Å². The number of benzene rings is 4. The second kappa shape index (κ2) is 17.0. The number of hydrogen-bond donors (Lipinski definition) is 0. The summed E-state index contributed by atoms with van der Waals surface area (Å²) in [6.45, 7) is 10.3. The summed E-state index contributed by atoms with van der Waals surface area (Å²) in [6, 6.07) is 30.3. The summed E-state index contributed by atoms with van der Waals surface area (Å²) in [5.41, 5.74) is 7.10. The van der Waals surface area contributed by atoms with E-state index in [4.69, 9.17) is 14.2 Å². The summed E-state index contributed by atoms with van der Waals surface area (Å²) < 4.78 is 18.0. The quantitative estimate of drug-likeness (QED) is 0.0521. The van der Waals surface area contributed by atoms with Gasteiger partial charge in [-0.2, -0.15) is 0 Å². The molecule has 1 aliphatic heterocycles. The van der Waals surface area contributed by atoms with Crippen molar-refractivity contribution in [2.45, 2.75) is 65.4 Å². The number of allylic oxidation sites excluding steroid dienone is 1. The molecule has 1 saturated heterocycles. The van der Waals surface area contributed by atoms with Crippen LogP contribution in [0.2, 0.25) is 0 Å². The Morgan fingerprint density at radius 1 is 0.875 bits per heavy atom. The van der Waals surface area contributed by atoms with Crippen LogP contribution < -0.4 is 14.2 Å². The molecular formula is C41H48N2O5. The summed E-state index contributed by atoms with van der Waals surface area (Å²) in [4.78, 5) is 14.2. The lowest BCUT2D eigenvalue weighted by Gasteiger charge is -2.19. The molecule has 7 nitrogen and oxygen atoms in total. The molecule has 0 radical (unpaired) electrons. The van der Waals surface area contributed by atoms with E-state index in [9.17, 15) is 10.1 Å². The predicted octanol–water partition coefficient (Wildman–Crippen LogP) is 9.93. The summed E-state index contributed by atoms with van der Waals surface area (Å²) in [5.74, 6) is 2.15. The highest BCUT2D eigenvalue weighted by Gasteiger charge is 2.24. The molecule has 0 spiro atoms. The van der Waals surface area contributed by atoms with E-state index in [0.29, 0.717) is 30.1 Å². The molecule has 4 aromatic carbocycles. The summed E-state index contributed by atoms with van der Waals surface area (Å²) in [6.07, 6.45) is 5.50. The Labute approximate surface area is 285 Å². The van der Waals surface area contributed by atoms with Crippen LogP contribution in [0, 0.1) is 10.1 Å². The van der Waals surface area contributed by atoms with Crippen LogP contribution in [-0.4, -0.2) is 43.2 Å². The van der Waals surface area contributed by atoms with Gasteiger partial charge in [0.2, 0.25) is 0 Å². The average Bonchev–Trinajstić information content (AvgIpc) is 3.64. The highest BCUT2D eigenvalue weighted by molar-refractivity contribution is 5.98. The zero-order valence-electron chi connectivity index (χ0n) is 28.7. The molecule has 0 N–H and O–H groups in total. The van der Waals surface area contributed by atoms with E-state index < -0.39 is 6.10 Å². The molecule has 0 aliphatic carbocycles. The topological polar surface area (TPSA) is 74.1 Å². The molecule has 7 heteroatoms. The highest BCUT2D eigenvalue weighted by atomic mass is 16.6. The van der Waals surface area contributed by atoms with E-state index in [0.717, 1.165) is 53.8 Å². The van der Waals surface area contributed by atoms with Gasteiger partial charge in [0.05, 0.1) is 24.2 Å². The minimum absolute atomic E-state index is 0.0445. The molecule has 0 aromatic heterocycles. The number of nitro groups is 1. The Balaban J connectivity index is 1.39. The van der Waals surface area contributed by atoms with Crippen molar-refractivity contribution in [1.29, 1.82) is 0 Å². The number of aryl methyl sites for hydroxylation is 1. The molecule has 0 amide bonds. The van der Waals surface area contributed by atoms with E-state index in [1.807, 2.05) is 32.0 Å². The molecular weight excluding hydrogens is 600 g/mol. The van der Waals surface area contributed by atoms with Crippen molar-refractivity contribution in [1.82, 2.24) is 4.90 Å². The first kappa shape index (κ1) is 34.7. The number of nitro benzene ring substituents is 1. The van der Waals surface area contributed by atoms with Crippen molar-refractivity contribution < 1.29 is 19.1 Å². The number of rotatable bonds is 16. The van der Waals surface area contributed by atoms with E-state index in [-0.39, 0.29) is 10.6 Å². The maximum Gasteiger partial charge on any atom is 0.276 e. The SMILES string of the molecule is CCCc1cc([N+](=O)[O-])c(C(C)Oc2ccc(/C(=C(\CC)c3ccccc3)c3ccc(OCCCN4CCCC4)cc3)cc2)cc1OC. The predicted molar refractivity (Wildman–Crippen MR) is 194 cm³/mol. The van der Waals surface area contributed by atoms with Gasteiger partial charge in [-0.3, -0.25) is 10.1 Å². The van der Waals surface area contributed by atoms with Gasteiger partial charge in [0.25, 0.3) is 5.69 Å². The highest BCUT2D eigenvalue weighted by Crippen LogP contribution is 2.38. The summed E-state index contributed by atoms with van der Waals surface area (Å²) >= 11 is 0. The Bertz CT molecular complexity index is 1660. The number of hydrogen-bond acceptors (Lipinski definition) is 6. The second-order valence-electron chi connectivity index (χ2n) is 12.4. The minimum atomic E-state index is -0.561. The molecule has 1 atom stereocenters. The molecule has 5 rings (SSSR count). The van der Waals surface area contributed by atoms with Gasteiger partial charge in [0.1, 0.15) is 23.4 Å². The van der Waals surface area contributed by atoms with Crippen molar-refractivity contribution in [3.63, 3.8) is 0 Å². The largest absolute Gasteiger partial charge is 0.496 e. The fraction of sp³-hybridized carbons (Fsp3) is 0.366. The van der Waals surface area contributed by atoms with Crippen molar-refractivity contribution in [3.05, 3.63) is 129 Å². The lowest BCUT2D eigenvalue weighted by molar-refractivity contribution is -0.386. The Morgan fingerprint density at radius 2 is 1.52 bits per heavy atom. The maximum absolute atomic E-state index is 12.0. The molecule has 252 valence electrons. The van der Waals surface area contributed by atoms with Gasteiger partial charge in [0.15, 0.2) is 0 Å². The van der Waals surface area contributed by atoms with Gasteiger partial charge >= 0.3 is 0 Å². The van der Waals surface area contributed by atoms with Crippen molar-refractivity contribution in [2.75, 3.05) is 33.4 Å². The van der Waals surface area contributed by atoms with Crippen molar-refractivity contribution in [3.8, 4) is 17.2 Å². The fourth-order valence-electron chi connectivity index (χ4n) is 6.62. The van der Waals surface area contributed by atoms with Crippen LogP contribution in [0.1, 0.15) is 86.8 Å². The molecule has 0 saturated carbocycles. The minimum Gasteiger partial charge on any atom is -0.496 e. The molecule has 1 fully saturated rings.